The fourth-order valence-corrected chi connectivity index (χ4v) is 4.34. The Labute approximate surface area is 153 Å². The zero-order valence-electron chi connectivity index (χ0n) is 12.6. The van der Waals surface area contributed by atoms with Gasteiger partial charge in [-0.1, -0.05) is 47.6 Å². The van der Waals surface area contributed by atoms with Gasteiger partial charge < -0.3 is 9.47 Å². The lowest BCUT2D eigenvalue weighted by molar-refractivity contribution is 0.107. The highest BCUT2D eigenvalue weighted by Gasteiger charge is 2.21. The van der Waals surface area contributed by atoms with Crippen LogP contribution in [0.5, 0.6) is 11.5 Å². The Kier molecular flexibility index (Phi) is 4.65. The molecule has 122 valence electrons. The van der Waals surface area contributed by atoms with Gasteiger partial charge >= 0.3 is 0 Å². The lowest BCUT2D eigenvalue weighted by atomic mass is 10.2. The van der Waals surface area contributed by atoms with Crippen LogP contribution in [0.4, 0.5) is 0 Å². The van der Waals surface area contributed by atoms with Gasteiger partial charge in [0.2, 0.25) is 0 Å². The Morgan fingerprint density at radius 3 is 2.75 bits per heavy atom. The van der Waals surface area contributed by atoms with Crippen molar-refractivity contribution in [2.45, 2.75) is 10.4 Å². The van der Waals surface area contributed by atoms with Crippen molar-refractivity contribution in [3.8, 4) is 22.8 Å². The number of thiazole rings is 1. The Morgan fingerprint density at radius 1 is 1.12 bits per heavy atom. The fourth-order valence-electron chi connectivity index (χ4n) is 2.39. The lowest BCUT2D eigenvalue weighted by Gasteiger charge is -2.25. The van der Waals surface area contributed by atoms with Crippen LogP contribution in [0.25, 0.3) is 11.3 Å². The van der Waals surface area contributed by atoms with E-state index in [0.717, 1.165) is 37.9 Å². The van der Waals surface area contributed by atoms with E-state index in [2.05, 4.69) is 10.4 Å². The minimum absolute atomic E-state index is 0.0350. The van der Waals surface area contributed by atoms with Crippen LogP contribution in [-0.4, -0.2) is 23.4 Å². The first-order valence-corrected chi connectivity index (χ1v) is 9.75. The molecule has 3 aromatic rings. The monoisotopic (exact) mass is 375 g/mol. The molecule has 0 spiro atoms. The summed E-state index contributed by atoms with van der Waals surface area (Å²) >= 11 is 9.27. The molecule has 2 aromatic carbocycles. The van der Waals surface area contributed by atoms with Crippen LogP contribution in [0.2, 0.25) is 5.02 Å². The van der Waals surface area contributed by atoms with Gasteiger partial charge in [-0.2, -0.15) is 0 Å². The molecule has 0 saturated carbocycles. The standard InChI is InChI=1S/C18H14ClNO2S2/c19-13-7-5-12(6-8-13)15-11-24-18(20-15)23-10-14-9-21-16-3-1-2-4-17(16)22-14/h1-8,11,14H,9-10H2/t14-/m1/s1. The second-order valence-electron chi connectivity index (χ2n) is 5.31. The van der Waals surface area contributed by atoms with E-state index in [1.54, 1.807) is 23.1 Å². The van der Waals surface area contributed by atoms with E-state index in [1.807, 2.05) is 48.5 Å². The first kappa shape index (κ1) is 15.8. The van der Waals surface area contributed by atoms with Crippen molar-refractivity contribution in [2.75, 3.05) is 12.4 Å². The van der Waals surface area contributed by atoms with Crippen LogP contribution in [0, 0.1) is 0 Å². The molecular weight excluding hydrogens is 362 g/mol. The fraction of sp³-hybridized carbons (Fsp3) is 0.167. The summed E-state index contributed by atoms with van der Waals surface area (Å²) in [5, 5.41) is 2.80. The maximum Gasteiger partial charge on any atom is 0.161 e. The zero-order valence-corrected chi connectivity index (χ0v) is 15.0. The van der Waals surface area contributed by atoms with Crippen LogP contribution < -0.4 is 9.47 Å². The maximum atomic E-state index is 5.97. The van der Waals surface area contributed by atoms with Gasteiger partial charge in [0, 0.05) is 21.7 Å². The molecule has 0 amide bonds. The summed E-state index contributed by atoms with van der Waals surface area (Å²) in [6.07, 6.45) is 0.0350. The number of fused-ring (bicyclic) bond motifs is 1. The van der Waals surface area contributed by atoms with Gasteiger partial charge in [0.05, 0.1) is 5.69 Å². The van der Waals surface area contributed by atoms with Gasteiger partial charge in [-0.05, 0) is 24.3 Å². The predicted octanol–water partition coefficient (Wildman–Crippen LogP) is 5.40. The molecule has 1 aliphatic rings. The van der Waals surface area contributed by atoms with Gasteiger partial charge in [0.25, 0.3) is 0 Å². The van der Waals surface area contributed by atoms with E-state index in [1.165, 1.54) is 0 Å². The van der Waals surface area contributed by atoms with Crippen LogP contribution in [0.3, 0.4) is 0 Å². The van der Waals surface area contributed by atoms with Gasteiger partial charge in [-0.15, -0.1) is 11.3 Å². The number of thioether (sulfide) groups is 1. The molecule has 1 atom stereocenters. The van der Waals surface area contributed by atoms with Crippen molar-refractivity contribution in [1.29, 1.82) is 0 Å². The highest BCUT2D eigenvalue weighted by molar-refractivity contribution is 8.01. The molecule has 0 radical (unpaired) electrons. The van der Waals surface area contributed by atoms with Crippen LogP contribution in [0.1, 0.15) is 0 Å². The van der Waals surface area contributed by atoms with Crippen LogP contribution in [-0.2, 0) is 0 Å². The molecule has 24 heavy (non-hydrogen) atoms. The number of halogens is 1. The molecule has 0 bridgehead atoms. The number of hydrogen-bond acceptors (Lipinski definition) is 5. The van der Waals surface area contributed by atoms with E-state index in [0.29, 0.717) is 6.61 Å². The zero-order chi connectivity index (χ0) is 16.4. The van der Waals surface area contributed by atoms with Crippen molar-refractivity contribution in [1.82, 2.24) is 4.98 Å². The third-order valence-electron chi connectivity index (χ3n) is 3.58. The number of rotatable bonds is 4. The average Bonchev–Trinajstić information content (AvgIpc) is 3.09. The molecule has 0 N–H and O–H groups in total. The second kappa shape index (κ2) is 7.05. The summed E-state index contributed by atoms with van der Waals surface area (Å²) in [6, 6.07) is 15.5. The summed E-state index contributed by atoms with van der Waals surface area (Å²) in [7, 11) is 0. The Bertz CT molecular complexity index is 835. The van der Waals surface area contributed by atoms with Gasteiger partial charge in [-0.25, -0.2) is 4.98 Å². The van der Waals surface area contributed by atoms with Crippen molar-refractivity contribution in [3.63, 3.8) is 0 Å². The molecular formula is C18H14ClNO2S2. The average molecular weight is 376 g/mol. The van der Waals surface area contributed by atoms with E-state index in [4.69, 9.17) is 21.1 Å². The maximum absolute atomic E-state index is 5.97. The Morgan fingerprint density at radius 2 is 1.92 bits per heavy atom. The number of benzene rings is 2. The smallest absolute Gasteiger partial charge is 0.161 e. The quantitative estimate of drug-likeness (QED) is 0.571. The normalized spacial score (nSPS) is 16.1. The predicted molar refractivity (Wildman–Crippen MR) is 99.6 cm³/mol. The molecule has 0 fully saturated rings. The lowest BCUT2D eigenvalue weighted by Crippen LogP contribution is -2.31. The molecule has 4 rings (SSSR count). The van der Waals surface area contributed by atoms with Crippen LogP contribution in [0.15, 0.2) is 58.3 Å². The summed E-state index contributed by atoms with van der Waals surface area (Å²) in [6.45, 7) is 0.569. The van der Waals surface area contributed by atoms with Crippen molar-refractivity contribution in [3.05, 3.63) is 58.9 Å². The molecule has 6 heteroatoms. The van der Waals surface area contributed by atoms with E-state index < -0.39 is 0 Å². The summed E-state index contributed by atoms with van der Waals surface area (Å²) in [5.74, 6) is 2.44. The highest BCUT2D eigenvalue weighted by atomic mass is 35.5. The third-order valence-corrected chi connectivity index (χ3v) is 5.99. The first-order chi connectivity index (χ1) is 11.8. The van der Waals surface area contributed by atoms with E-state index in [-0.39, 0.29) is 6.10 Å². The van der Waals surface area contributed by atoms with Crippen molar-refractivity contribution < 1.29 is 9.47 Å². The number of aromatic nitrogens is 1. The first-order valence-electron chi connectivity index (χ1n) is 7.51. The molecule has 2 heterocycles. The van der Waals surface area contributed by atoms with Gasteiger partial charge in [0.1, 0.15) is 12.7 Å². The highest BCUT2D eigenvalue weighted by Crippen LogP contribution is 2.34. The van der Waals surface area contributed by atoms with Crippen molar-refractivity contribution in [2.24, 2.45) is 0 Å². The van der Waals surface area contributed by atoms with Gasteiger partial charge in [-0.3, -0.25) is 0 Å². The number of hydrogen-bond donors (Lipinski definition) is 0. The molecule has 0 unspecified atom stereocenters. The molecule has 0 saturated heterocycles. The van der Waals surface area contributed by atoms with Gasteiger partial charge in [0.15, 0.2) is 15.8 Å². The summed E-state index contributed by atoms with van der Waals surface area (Å²) in [4.78, 5) is 4.68. The third kappa shape index (κ3) is 3.53. The molecule has 0 aliphatic carbocycles. The largest absolute Gasteiger partial charge is 0.486 e. The second-order valence-corrected chi connectivity index (χ2v) is 7.88. The Hall–Kier alpha value is -1.69. The number of nitrogens with zero attached hydrogens (tertiary/aromatic N) is 1. The number of para-hydroxylation sites is 2. The SMILES string of the molecule is Clc1ccc(-c2csc(SC[C@H]3COc4ccccc4O3)n2)cc1. The van der Waals surface area contributed by atoms with E-state index >= 15 is 0 Å². The summed E-state index contributed by atoms with van der Waals surface area (Å²) in [5.41, 5.74) is 2.05. The minimum atomic E-state index is 0.0350. The number of ether oxygens (including phenoxy) is 2. The molecule has 1 aromatic heterocycles. The topological polar surface area (TPSA) is 31.4 Å². The van der Waals surface area contributed by atoms with Crippen molar-refractivity contribution >= 4 is 34.7 Å². The van der Waals surface area contributed by atoms with Crippen LogP contribution >= 0.6 is 34.7 Å². The molecule has 3 nitrogen and oxygen atoms in total. The minimum Gasteiger partial charge on any atom is -0.486 e. The summed E-state index contributed by atoms with van der Waals surface area (Å²) < 4.78 is 12.7. The molecule has 1 aliphatic heterocycles. The Balaban J connectivity index is 1.38. The van der Waals surface area contributed by atoms with E-state index in [9.17, 15) is 0 Å².